The van der Waals surface area contributed by atoms with Crippen LogP contribution in [0.5, 0.6) is 0 Å². The standard InChI is InChI=1S/C54H50N8S2/c1-3-13-43(14-4-1)41-59-37-25-47(26-38-59)45-21-33-57(34-22-45)29-11-31-61-49-17-7-9-19-51(49)63-53(61)55-56-54-62(50-18-8-10-20-52(50)64-54)32-12-30-58-35-23-46(24-36-58)48-27-39-60(40-28-48)42-44-15-5-2-6-16-44/h1-10,13-28,33-40H,11-12,29-32,41-42H2/q+4/b55-53-,56-54+. The van der Waals surface area contributed by atoms with Gasteiger partial charge in [0.25, 0.3) is 0 Å². The molecule has 0 radical (unpaired) electrons. The summed E-state index contributed by atoms with van der Waals surface area (Å²) in [7, 11) is 0. The molecule has 10 heteroatoms. The third-order valence-corrected chi connectivity index (χ3v) is 13.7. The third-order valence-electron chi connectivity index (χ3n) is 11.6. The molecule has 0 aliphatic rings. The van der Waals surface area contributed by atoms with Gasteiger partial charge in [0.05, 0.1) is 20.4 Å². The Morgan fingerprint density at radius 3 is 1.06 bits per heavy atom. The summed E-state index contributed by atoms with van der Waals surface area (Å²) in [6.07, 6.45) is 19.3. The Hall–Kier alpha value is -7.14. The van der Waals surface area contributed by atoms with Gasteiger partial charge in [0.15, 0.2) is 62.7 Å². The highest BCUT2D eigenvalue weighted by molar-refractivity contribution is 7.16. The largest absolute Gasteiger partial charge is 0.315 e. The quantitative estimate of drug-likeness (QED) is 0.0731. The third kappa shape index (κ3) is 9.73. The second-order valence-electron chi connectivity index (χ2n) is 16.1. The van der Waals surface area contributed by atoms with Gasteiger partial charge < -0.3 is 9.13 Å². The Labute approximate surface area is 381 Å². The predicted molar refractivity (Wildman–Crippen MR) is 256 cm³/mol. The van der Waals surface area contributed by atoms with Gasteiger partial charge in [-0.15, -0.1) is 10.2 Å². The van der Waals surface area contributed by atoms with Crippen molar-refractivity contribution < 1.29 is 18.3 Å². The molecule has 8 nitrogen and oxygen atoms in total. The Morgan fingerprint density at radius 1 is 0.359 bits per heavy atom. The molecule has 0 saturated heterocycles. The molecule has 10 aromatic rings. The van der Waals surface area contributed by atoms with Gasteiger partial charge in [-0.25, -0.2) is 18.3 Å². The molecule has 64 heavy (non-hydrogen) atoms. The summed E-state index contributed by atoms with van der Waals surface area (Å²) < 4.78 is 16.1. The Morgan fingerprint density at radius 2 is 0.688 bits per heavy atom. The number of hydrogen-bond acceptors (Lipinski definition) is 4. The second kappa shape index (κ2) is 19.5. The minimum absolute atomic E-state index is 0.841. The summed E-state index contributed by atoms with van der Waals surface area (Å²) in [5.41, 5.74) is 9.85. The summed E-state index contributed by atoms with van der Waals surface area (Å²) in [5.74, 6) is 0. The van der Waals surface area contributed by atoms with Crippen molar-refractivity contribution in [1.82, 2.24) is 9.13 Å². The number of thiazole rings is 2. The SMILES string of the molecule is c1ccc(C[n+]2ccc(-c3cc[n+](CCCn4/c(=N/N=c5/sc6ccccc6n5CCC[n+]5ccc(-c6cc[n+](Cc7ccccc7)cc6)cc5)sc5ccccc54)cc3)cc2)cc1. The number of aryl methyl sites for hydroxylation is 4. The first-order valence-electron chi connectivity index (χ1n) is 22.0. The second-order valence-corrected chi connectivity index (χ2v) is 18.1. The molecule has 0 aliphatic carbocycles. The fourth-order valence-electron chi connectivity index (χ4n) is 8.23. The first kappa shape index (κ1) is 40.9. The van der Waals surface area contributed by atoms with E-state index >= 15 is 0 Å². The summed E-state index contributed by atoms with van der Waals surface area (Å²) >= 11 is 3.41. The van der Waals surface area contributed by atoms with Gasteiger partial charge in [-0.1, -0.05) is 108 Å². The molecular formula is C54H50N8S2+4. The minimum atomic E-state index is 0.841. The molecule has 0 unspecified atom stereocenters. The van der Waals surface area contributed by atoms with Gasteiger partial charge in [-0.2, -0.15) is 0 Å². The summed E-state index contributed by atoms with van der Waals surface area (Å²) in [4.78, 5) is 1.83. The van der Waals surface area contributed by atoms with Crippen molar-refractivity contribution in [2.75, 3.05) is 0 Å². The lowest BCUT2D eigenvalue weighted by molar-refractivity contribution is -0.697. The van der Waals surface area contributed by atoms with Crippen molar-refractivity contribution in [3.8, 4) is 22.3 Å². The van der Waals surface area contributed by atoms with Crippen LogP contribution >= 0.6 is 22.7 Å². The van der Waals surface area contributed by atoms with E-state index in [2.05, 4.69) is 235 Å². The normalized spacial score (nSPS) is 12.1. The van der Waals surface area contributed by atoms with Crippen LogP contribution in [-0.2, 0) is 39.3 Å². The lowest BCUT2D eigenvalue weighted by Gasteiger charge is -2.05. The van der Waals surface area contributed by atoms with E-state index in [-0.39, 0.29) is 0 Å². The van der Waals surface area contributed by atoms with Crippen LogP contribution in [-0.4, -0.2) is 9.13 Å². The van der Waals surface area contributed by atoms with Crippen LogP contribution in [0.1, 0.15) is 24.0 Å². The molecule has 0 amide bonds. The summed E-state index contributed by atoms with van der Waals surface area (Å²) in [5, 5.41) is 9.96. The minimum Gasteiger partial charge on any atom is -0.315 e. The van der Waals surface area contributed by atoms with Crippen molar-refractivity contribution in [3.05, 3.63) is 228 Å². The highest BCUT2D eigenvalue weighted by Gasteiger charge is 2.12. The average Bonchev–Trinajstić information content (AvgIpc) is 3.89. The van der Waals surface area contributed by atoms with E-state index < -0.39 is 0 Å². The zero-order valence-electron chi connectivity index (χ0n) is 35.7. The lowest BCUT2D eigenvalue weighted by atomic mass is 10.1. The van der Waals surface area contributed by atoms with E-state index in [9.17, 15) is 0 Å². The smallest absolute Gasteiger partial charge is 0.211 e. The maximum atomic E-state index is 4.98. The number of fused-ring (bicyclic) bond motifs is 2. The van der Waals surface area contributed by atoms with Gasteiger partial charge in [-0.05, 0) is 46.5 Å². The highest BCUT2D eigenvalue weighted by atomic mass is 32.1. The zero-order valence-corrected chi connectivity index (χ0v) is 37.3. The molecule has 6 heterocycles. The van der Waals surface area contributed by atoms with Gasteiger partial charge in [0, 0.05) is 85.6 Å². The fraction of sp³-hybridized carbons (Fsp3) is 0.148. The van der Waals surface area contributed by atoms with Crippen LogP contribution in [0.2, 0.25) is 0 Å². The molecule has 0 bridgehead atoms. The van der Waals surface area contributed by atoms with Crippen LogP contribution in [0.3, 0.4) is 0 Å². The summed E-state index contributed by atoms with van der Waals surface area (Å²) in [6, 6.07) is 56.0. The van der Waals surface area contributed by atoms with E-state index in [1.165, 1.54) is 53.8 Å². The number of benzene rings is 4. The number of rotatable bonds is 15. The van der Waals surface area contributed by atoms with Crippen molar-refractivity contribution in [2.45, 2.75) is 52.1 Å². The van der Waals surface area contributed by atoms with Crippen molar-refractivity contribution in [1.29, 1.82) is 0 Å². The monoisotopic (exact) mass is 874 g/mol. The molecular weight excluding hydrogens is 825 g/mol. The molecule has 0 aliphatic heterocycles. The molecule has 0 N–H and O–H groups in total. The van der Waals surface area contributed by atoms with E-state index in [4.69, 9.17) is 10.2 Å². The first-order valence-corrected chi connectivity index (χ1v) is 23.6. The number of hydrogen-bond donors (Lipinski definition) is 0. The molecule has 0 spiro atoms. The summed E-state index contributed by atoms with van der Waals surface area (Å²) in [6.45, 7) is 5.22. The van der Waals surface area contributed by atoms with Gasteiger partial charge in [0.1, 0.15) is 13.1 Å². The van der Waals surface area contributed by atoms with E-state index in [0.29, 0.717) is 0 Å². The molecule has 0 atom stereocenters. The topological polar surface area (TPSA) is 50.1 Å². The molecule has 6 aromatic heterocycles. The number of para-hydroxylation sites is 2. The van der Waals surface area contributed by atoms with Gasteiger partial charge >= 0.3 is 0 Å². The lowest BCUT2D eigenvalue weighted by Crippen LogP contribution is -2.34. The van der Waals surface area contributed by atoms with Crippen LogP contribution in [0.4, 0.5) is 0 Å². The number of pyridine rings is 4. The molecule has 4 aromatic carbocycles. The zero-order chi connectivity index (χ0) is 42.9. The fourth-order valence-corrected chi connectivity index (χ4v) is 10.2. The highest BCUT2D eigenvalue weighted by Crippen LogP contribution is 2.20. The predicted octanol–water partition coefficient (Wildman–Crippen LogP) is 8.90. The molecule has 0 fully saturated rings. The van der Waals surface area contributed by atoms with Crippen molar-refractivity contribution in [3.63, 3.8) is 0 Å². The molecule has 314 valence electrons. The Bertz CT molecular complexity index is 3020. The maximum Gasteiger partial charge on any atom is 0.211 e. The Balaban J connectivity index is 0.806. The van der Waals surface area contributed by atoms with Gasteiger partial charge in [0.2, 0.25) is 9.60 Å². The van der Waals surface area contributed by atoms with E-state index in [1.807, 2.05) is 0 Å². The van der Waals surface area contributed by atoms with E-state index in [0.717, 1.165) is 61.7 Å². The van der Waals surface area contributed by atoms with Crippen molar-refractivity contribution in [2.24, 2.45) is 10.2 Å². The molecule has 10 rings (SSSR count). The van der Waals surface area contributed by atoms with Crippen LogP contribution in [0.15, 0.2) is 218 Å². The first-order chi connectivity index (χ1) is 31.7. The maximum absolute atomic E-state index is 4.98. The molecule has 0 saturated carbocycles. The average molecular weight is 875 g/mol. The van der Waals surface area contributed by atoms with Crippen LogP contribution in [0, 0.1) is 0 Å². The number of aromatic nitrogens is 6. The number of nitrogens with zero attached hydrogens (tertiary/aromatic N) is 8. The Kier molecular flexibility index (Phi) is 12.5. The van der Waals surface area contributed by atoms with Crippen molar-refractivity contribution >= 4 is 43.1 Å². The van der Waals surface area contributed by atoms with Gasteiger partial charge in [-0.3, -0.25) is 0 Å². The van der Waals surface area contributed by atoms with Crippen LogP contribution < -0.4 is 27.9 Å². The van der Waals surface area contributed by atoms with E-state index in [1.54, 1.807) is 22.7 Å². The van der Waals surface area contributed by atoms with Crippen LogP contribution in [0.25, 0.3) is 42.7 Å².